The van der Waals surface area contributed by atoms with Crippen LogP contribution in [0.4, 0.5) is 5.13 Å². The molecule has 3 heterocycles. The van der Waals surface area contributed by atoms with Crippen LogP contribution in [0.1, 0.15) is 31.2 Å². The highest BCUT2D eigenvalue weighted by Crippen LogP contribution is 2.21. The van der Waals surface area contributed by atoms with Crippen molar-refractivity contribution in [1.29, 1.82) is 0 Å². The average Bonchev–Trinajstić information content (AvgIpc) is 3.12. The predicted molar refractivity (Wildman–Crippen MR) is 115 cm³/mol. The second-order valence-corrected chi connectivity index (χ2v) is 8.63. The molecule has 152 valence electrons. The molecule has 2 aromatic heterocycles. The topological polar surface area (TPSA) is 80.1 Å². The van der Waals surface area contributed by atoms with E-state index in [1.54, 1.807) is 6.07 Å². The number of hydrogen-bond donors (Lipinski definition) is 1. The Morgan fingerprint density at radius 1 is 1.31 bits per heavy atom. The molecule has 4 rings (SSSR count). The summed E-state index contributed by atoms with van der Waals surface area (Å²) in [5.41, 5.74) is 1.43. The Morgan fingerprint density at radius 3 is 2.90 bits per heavy atom. The summed E-state index contributed by atoms with van der Waals surface area (Å²) in [5.74, 6) is 0.416. The van der Waals surface area contributed by atoms with Crippen molar-refractivity contribution in [2.45, 2.75) is 39.8 Å². The van der Waals surface area contributed by atoms with E-state index in [2.05, 4.69) is 27.2 Å². The minimum atomic E-state index is -0.304. The predicted octanol–water partition coefficient (Wildman–Crippen LogP) is 3.03. The number of anilines is 1. The summed E-state index contributed by atoms with van der Waals surface area (Å²) < 4.78 is 1.22. The van der Waals surface area contributed by atoms with Crippen molar-refractivity contribution in [2.75, 3.05) is 18.4 Å². The summed E-state index contributed by atoms with van der Waals surface area (Å²) in [6, 6.07) is 7.31. The number of rotatable bonds is 5. The number of piperidine rings is 1. The number of aromatic nitrogens is 3. The third-order valence-corrected chi connectivity index (χ3v) is 6.08. The molecule has 3 aromatic rings. The van der Waals surface area contributed by atoms with Crippen molar-refractivity contribution < 1.29 is 4.79 Å². The number of likely N-dealkylation sites (tertiary alicyclic amines) is 1. The molecule has 0 radical (unpaired) electrons. The van der Waals surface area contributed by atoms with Crippen molar-refractivity contribution in [3.63, 3.8) is 0 Å². The number of amides is 1. The minimum absolute atomic E-state index is 0.136. The maximum absolute atomic E-state index is 12.6. The maximum atomic E-state index is 12.6. The first-order valence-electron chi connectivity index (χ1n) is 9.92. The zero-order chi connectivity index (χ0) is 20.4. The van der Waals surface area contributed by atoms with Gasteiger partial charge < -0.3 is 5.32 Å². The molecule has 1 aromatic carbocycles. The molecule has 1 amide bonds. The lowest BCUT2D eigenvalue weighted by Gasteiger charge is -2.30. The van der Waals surface area contributed by atoms with Gasteiger partial charge in [0.25, 0.3) is 5.56 Å². The van der Waals surface area contributed by atoms with Crippen molar-refractivity contribution >= 4 is 33.1 Å². The molecule has 0 unspecified atom stereocenters. The number of benzene rings is 1. The van der Waals surface area contributed by atoms with Crippen LogP contribution in [0.25, 0.3) is 10.8 Å². The number of hydrogen-bond acceptors (Lipinski definition) is 6. The summed E-state index contributed by atoms with van der Waals surface area (Å²) in [7, 11) is 0. The Balaban J connectivity index is 1.42. The number of carbonyl (C=O) groups excluding carboxylic acids is 1. The Kier molecular flexibility index (Phi) is 5.73. The van der Waals surface area contributed by atoms with Crippen LogP contribution in [0.3, 0.4) is 0 Å². The van der Waals surface area contributed by atoms with Gasteiger partial charge in [-0.3, -0.25) is 14.5 Å². The van der Waals surface area contributed by atoms with Crippen molar-refractivity contribution in [3.05, 3.63) is 51.4 Å². The van der Waals surface area contributed by atoms with Gasteiger partial charge in [0, 0.05) is 23.9 Å². The highest BCUT2D eigenvalue weighted by Gasteiger charge is 2.18. The van der Waals surface area contributed by atoms with Crippen LogP contribution >= 0.6 is 11.3 Å². The van der Waals surface area contributed by atoms with Crippen LogP contribution < -0.4 is 10.9 Å². The fourth-order valence-corrected chi connectivity index (χ4v) is 4.62. The van der Waals surface area contributed by atoms with Gasteiger partial charge in [0.2, 0.25) is 5.91 Å². The Bertz CT molecular complexity index is 1090. The number of thiazole rings is 1. The number of carbonyl (C=O) groups is 1. The van der Waals surface area contributed by atoms with Gasteiger partial charge in [-0.05, 0) is 38.3 Å². The molecular formula is C21H25N5O2S. The molecule has 29 heavy (non-hydrogen) atoms. The number of nitrogens with zero attached hydrogens (tertiary/aromatic N) is 4. The van der Waals surface area contributed by atoms with E-state index in [0.29, 0.717) is 10.5 Å². The summed E-state index contributed by atoms with van der Waals surface area (Å²) in [6.45, 7) is 6.98. The lowest BCUT2D eigenvalue weighted by atomic mass is 10.0. The maximum Gasteiger partial charge on any atom is 0.275 e. The quantitative estimate of drug-likeness (QED) is 0.698. The van der Waals surface area contributed by atoms with Crippen molar-refractivity contribution in [1.82, 2.24) is 19.7 Å². The summed E-state index contributed by atoms with van der Waals surface area (Å²) in [6.07, 6.45) is 2.51. The molecule has 7 nitrogen and oxygen atoms in total. The van der Waals surface area contributed by atoms with E-state index in [9.17, 15) is 9.59 Å². The van der Waals surface area contributed by atoms with Crippen LogP contribution in [-0.4, -0.2) is 38.7 Å². The molecule has 1 saturated heterocycles. The van der Waals surface area contributed by atoms with Gasteiger partial charge in [-0.25, -0.2) is 9.67 Å². The Morgan fingerprint density at radius 2 is 2.10 bits per heavy atom. The largest absolute Gasteiger partial charge is 0.300 e. The first-order valence-corrected chi connectivity index (χ1v) is 10.8. The van der Waals surface area contributed by atoms with Gasteiger partial charge in [-0.2, -0.15) is 5.10 Å². The van der Waals surface area contributed by atoms with E-state index in [0.717, 1.165) is 42.3 Å². The van der Waals surface area contributed by atoms with Crippen LogP contribution in [0.5, 0.6) is 0 Å². The van der Waals surface area contributed by atoms with E-state index in [4.69, 9.17) is 0 Å². The first kappa shape index (κ1) is 19.7. The molecule has 1 aliphatic rings. The van der Waals surface area contributed by atoms with Gasteiger partial charge in [-0.15, -0.1) is 11.3 Å². The number of fused-ring (bicyclic) bond motifs is 1. The standard InChI is InChI=1S/C21H25N5O2S/c1-14-6-5-9-25(10-14)11-16-13-29-21(22-16)23-19(27)12-26-20(28)18-8-4-3-7-17(18)15(2)24-26/h3-4,7-8,13-14H,5-6,9-12H2,1-2H3,(H,22,23,27)/t14-/m0/s1. The smallest absolute Gasteiger partial charge is 0.275 e. The van der Waals surface area contributed by atoms with Gasteiger partial charge in [0.15, 0.2) is 5.13 Å². The van der Waals surface area contributed by atoms with E-state index < -0.39 is 0 Å². The van der Waals surface area contributed by atoms with Gasteiger partial charge in [0.1, 0.15) is 6.54 Å². The van der Waals surface area contributed by atoms with Crippen LogP contribution in [0.2, 0.25) is 0 Å². The van der Waals surface area contributed by atoms with E-state index in [-0.39, 0.29) is 18.0 Å². The van der Waals surface area contributed by atoms with Gasteiger partial charge >= 0.3 is 0 Å². The third kappa shape index (κ3) is 4.54. The van der Waals surface area contributed by atoms with Crippen molar-refractivity contribution in [2.24, 2.45) is 5.92 Å². The normalized spacial score (nSPS) is 17.5. The summed E-state index contributed by atoms with van der Waals surface area (Å²) in [5, 5.41) is 11.0. The number of nitrogens with one attached hydrogen (secondary N) is 1. The third-order valence-electron chi connectivity index (χ3n) is 5.27. The average molecular weight is 412 g/mol. The fraction of sp³-hybridized carbons (Fsp3) is 0.429. The fourth-order valence-electron chi connectivity index (χ4n) is 3.90. The molecule has 1 atom stereocenters. The molecular weight excluding hydrogens is 386 g/mol. The van der Waals surface area contributed by atoms with E-state index >= 15 is 0 Å². The Hall–Kier alpha value is -2.58. The summed E-state index contributed by atoms with van der Waals surface area (Å²) in [4.78, 5) is 32.0. The highest BCUT2D eigenvalue weighted by molar-refractivity contribution is 7.13. The molecule has 1 aliphatic heterocycles. The Labute approximate surface area is 173 Å². The molecule has 0 bridgehead atoms. The minimum Gasteiger partial charge on any atom is -0.300 e. The lowest BCUT2D eigenvalue weighted by Crippen LogP contribution is -2.33. The summed E-state index contributed by atoms with van der Waals surface area (Å²) >= 11 is 1.41. The monoisotopic (exact) mass is 411 g/mol. The van der Waals surface area contributed by atoms with Crippen LogP contribution in [0.15, 0.2) is 34.4 Å². The molecule has 0 spiro atoms. The van der Waals surface area contributed by atoms with E-state index in [1.807, 2.05) is 30.5 Å². The molecule has 0 saturated carbocycles. The molecule has 8 heteroatoms. The molecule has 1 fully saturated rings. The lowest BCUT2D eigenvalue weighted by molar-refractivity contribution is -0.117. The van der Waals surface area contributed by atoms with Gasteiger partial charge in [0.05, 0.1) is 16.8 Å². The van der Waals surface area contributed by atoms with Crippen LogP contribution in [-0.2, 0) is 17.9 Å². The second-order valence-electron chi connectivity index (χ2n) is 7.77. The highest BCUT2D eigenvalue weighted by atomic mass is 32.1. The zero-order valence-electron chi connectivity index (χ0n) is 16.7. The van der Waals surface area contributed by atoms with Crippen molar-refractivity contribution in [3.8, 4) is 0 Å². The molecule has 1 N–H and O–H groups in total. The first-order chi connectivity index (χ1) is 14.0. The zero-order valence-corrected chi connectivity index (χ0v) is 17.5. The second kappa shape index (κ2) is 8.42. The van der Waals surface area contributed by atoms with Gasteiger partial charge in [-0.1, -0.05) is 25.1 Å². The molecule has 0 aliphatic carbocycles. The van der Waals surface area contributed by atoms with E-state index in [1.165, 1.54) is 28.9 Å². The SMILES string of the molecule is Cc1nn(CC(=O)Nc2nc(CN3CCC[C@H](C)C3)cs2)c(=O)c2ccccc12. The number of aryl methyl sites for hydroxylation is 1. The van der Waals surface area contributed by atoms with Crippen LogP contribution in [0, 0.1) is 12.8 Å².